The summed E-state index contributed by atoms with van der Waals surface area (Å²) in [5, 5.41) is 5.33. The smallest absolute Gasteiger partial charge is 0.258 e. The van der Waals surface area contributed by atoms with Crippen LogP contribution in [0.15, 0.2) is 58.4 Å². The van der Waals surface area contributed by atoms with Crippen LogP contribution in [0.5, 0.6) is 5.75 Å². The van der Waals surface area contributed by atoms with Crippen molar-refractivity contribution >= 4 is 38.3 Å². The zero-order valence-electron chi connectivity index (χ0n) is 15.1. The van der Waals surface area contributed by atoms with Gasteiger partial charge in [0.2, 0.25) is 0 Å². The van der Waals surface area contributed by atoms with Crippen molar-refractivity contribution in [3.63, 3.8) is 0 Å². The molecule has 0 radical (unpaired) electrons. The predicted molar refractivity (Wildman–Crippen MR) is 114 cm³/mol. The lowest BCUT2D eigenvalue weighted by Gasteiger charge is -2.13. The summed E-state index contributed by atoms with van der Waals surface area (Å²) in [6, 6.07) is 15.1. The molecule has 0 aliphatic carbocycles. The van der Waals surface area contributed by atoms with E-state index in [1.54, 1.807) is 6.07 Å². The zero-order chi connectivity index (χ0) is 19.2. The van der Waals surface area contributed by atoms with Crippen molar-refractivity contribution in [2.24, 2.45) is 0 Å². The number of hydrogen-bond acceptors (Lipinski definition) is 5. The van der Waals surface area contributed by atoms with E-state index in [4.69, 9.17) is 4.74 Å². The molecule has 7 heteroatoms. The van der Waals surface area contributed by atoms with Gasteiger partial charge in [-0.25, -0.2) is 4.98 Å². The molecule has 3 aromatic rings. The van der Waals surface area contributed by atoms with Crippen LogP contribution in [0, 0.1) is 0 Å². The molecule has 3 rings (SSSR count). The highest BCUT2D eigenvalue weighted by atomic mass is 79.9. The van der Waals surface area contributed by atoms with Gasteiger partial charge in [-0.1, -0.05) is 24.3 Å². The molecule has 5 nitrogen and oxygen atoms in total. The fourth-order valence-corrected chi connectivity index (χ4v) is 3.58. The van der Waals surface area contributed by atoms with Crippen molar-refractivity contribution in [3.8, 4) is 17.0 Å². The van der Waals surface area contributed by atoms with Gasteiger partial charge in [0, 0.05) is 22.0 Å². The fraction of sp³-hybridized carbons (Fsp3) is 0.200. The van der Waals surface area contributed by atoms with Gasteiger partial charge in [0.05, 0.1) is 11.3 Å². The van der Waals surface area contributed by atoms with Crippen LogP contribution in [0.1, 0.15) is 10.4 Å². The summed E-state index contributed by atoms with van der Waals surface area (Å²) >= 11 is 4.79. The van der Waals surface area contributed by atoms with Crippen molar-refractivity contribution in [3.05, 3.63) is 63.9 Å². The lowest BCUT2D eigenvalue weighted by Crippen LogP contribution is -2.19. The second-order valence-corrected chi connectivity index (χ2v) is 7.83. The first-order valence-electron chi connectivity index (χ1n) is 8.43. The van der Waals surface area contributed by atoms with E-state index in [1.807, 2.05) is 61.9 Å². The van der Waals surface area contributed by atoms with Gasteiger partial charge in [0.1, 0.15) is 12.4 Å². The number of nitrogens with one attached hydrogen (secondary N) is 1. The predicted octanol–water partition coefficient (Wildman–Crippen LogP) is 4.77. The molecule has 0 saturated carbocycles. The Morgan fingerprint density at radius 3 is 2.70 bits per heavy atom. The fourth-order valence-electron chi connectivity index (χ4n) is 2.41. The highest BCUT2D eigenvalue weighted by Gasteiger charge is 2.14. The van der Waals surface area contributed by atoms with Crippen LogP contribution < -0.4 is 10.1 Å². The summed E-state index contributed by atoms with van der Waals surface area (Å²) in [5.41, 5.74) is 2.26. The second kappa shape index (κ2) is 9.12. The quantitative estimate of drug-likeness (QED) is 0.569. The first kappa shape index (κ1) is 19.5. The molecule has 0 saturated heterocycles. The third kappa shape index (κ3) is 5.15. The van der Waals surface area contributed by atoms with Crippen LogP contribution in [0.3, 0.4) is 0 Å². The van der Waals surface area contributed by atoms with Gasteiger partial charge in [0.25, 0.3) is 5.91 Å². The average molecular weight is 446 g/mol. The van der Waals surface area contributed by atoms with E-state index < -0.39 is 0 Å². The van der Waals surface area contributed by atoms with E-state index in [0.717, 1.165) is 28.0 Å². The van der Waals surface area contributed by atoms with E-state index in [1.165, 1.54) is 11.3 Å². The SMILES string of the molecule is CN(C)CCOc1ccccc1-c1csc(NC(=O)c2ccccc2Br)n1. The molecule has 0 spiro atoms. The van der Waals surface area contributed by atoms with Crippen LogP contribution in [-0.2, 0) is 0 Å². The van der Waals surface area contributed by atoms with Crippen molar-refractivity contribution in [1.29, 1.82) is 0 Å². The lowest BCUT2D eigenvalue weighted by atomic mass is 10.1. The molecule has 0 atom stereocenters. The number of halogens is 1. The second-order valence-electron chi connectivity index (χ2n) is 6.12. The number of ether oxygens (including phenoxy) is 1. The summed E-state index contributed by atoms with van der Waals surface area (Å²) in [6.07, 6.45) is 0. The normalized spacial score (nSPS) is 10.8. The van der Waals surface area contributed by atoms with E-state index in [9.17, 15) is 4.79 Å². The minimum absolute atomic E-state index is 0.195. The van der Waals surface area contributed by atoms with E-state index in [2.05, 4.69) is 31.1 Å². The molecule has 0 aliphatic heterocycles. The molecular formula is C20H20BrN3O2S. The molecule has 140 valence electrons. The number of aromatic nitrogens is 1. The number of hydrogen-bond donors (Lipinski definition) is 1. The summed E-state index contributed by atoms with van der Waals surface area (Å²) in [4.78, 5) is 19.1. The van der Waals surface area contributed by atoms with E-state index >= 15 is 0 Å². The van der Waals surface area contributed by atoms with Crippen LogP contribution in [-0.4, -0.2) is 43.0 Å². The molecule has 1 amide bonds. The molecule has 2 aromatic carbocycles. The summed E-state index contributed by atoms with van der Waals surface area (Å²) < 4.78 is 6.66. The molecule has 1 aromatic heterocycles. The number of anilines is 1. The molecule has 1 heterocycles. The summed E-state index contributed by atoms with van der Waals surface area (Å²) in [6.45, 7) is 1.43. The summed E-state index contributed by atoms with van der Waals surface area (Å²) in [5.74, 6) is 0.590. The van der Waals surface area contributed by atoms with Crippen LogP contribution in [0.4, 0.5) is 5.13 Å². The summed E-state index contributed by atoms with van der Waals surface area (Å²) in [7, 11) is 4.02. The number of amides is 1. The average Bonchev–Trinajstić information content (AvgIpc) is 3.10. The largest absolute Gasteiger partial charge is 0.492 e. The lowest BCUT2D eigenvalue weighted by molar-refractivity contribution is 0.102. The van der Waals surface area contributed by atoms with Crippen LogP contribution >= 0.6 is 27.3 Å². The van der Waals surface area contributed by atoms with Crippen molar-refractivity contribution < 1.29 is 9.53 Å². The Morgan fingerprint density at radius 1 is 1.19 bits per heavy atom. The van der Waals surface area contributed by atoms with Gasteiger partial charge in [-0.3, -0.25) is 10.1 Å². The Balaban J connectivity index is 1.74. The standard InChI is InChI=1S/C20H20BrN3O2S/c1-24(2)11-12-26-18-10-6-4-8-15(18)17-13-27-20(22-17)23-19(25)14-7-3-5-9-16(14)21/h3-10,13H,11-12H2,1-2H3,(H,22,23,25). The number of carbonyl (C=O) groups is 1. The maximum Gasteiger partial charge on any atom is 0.258 e. The zero-order valence-corrected chi connectivity index (χ0v) is 17.5. The van der Waals surface area contributed by atoms with Gasteiger partial charge in [-0.2, -0.15) is 0 Å². The number of rotatable bonds is 7. The monoisotopic (exact) mass is 445 g/mol. The van der Waals surface area contributed by atoms with Gasteiger partial charge >= 0.3 is 0 Å². The molecule has 0 unspecified atom stereocenters. The Hall–Kier alpha value is -2.22. The highest BCUT2D eigenvalue weighted by Crippen LogP contribution is 2.32. The third-order valence-electron chi connectivity index (χ3n) is 3.80. The maximum absolute atomic E-state index is 12.4. The minimum Gasteiger partial charge on any atom is -0.492 e. The molecule has 1 N–H and O–H groups in total. The topological polar surface area (TPSA) is 54.5 Å². The van der Waals surface area contributed by atoms with E-state index in [0.29, 0.717) is 17.3 Å². The number of carbonyl (C=O) groups excluding carboxylic acids is 1. The Kier molecular flexibility index (Phi) is 6.60. The number of nitrogens with zero attached hydrogens (tertiary/aromatic N) is 2. The number of thiazole rings is 1. The van der Waals surface area contributed by atoms with Crippen molar-refractivity contribution in [1.82, 2.24) is 9.88 Å². The minimum atomic E-state index is -0.195. The molecule has 0 aliphatic rings. The number of likely N-dealkylation sites (N-methyl/N-ethyl adjacent to an activating group) is 1. The van der Waals surface area contributed by atoms with Crippen molar-refractivity contribution in [2.75, 3.05) is 32.6 Å². The highest BCUT2D eigenvalue weighted by molar-refractivity contribution is 9.10. The van der Waals surface area contributed by atoms with Crippen LogP contribution in [0.2, 0.25) is 0 Å². The Labute approximate surface area is 171 Å². The molecule has 0 bridgehead atoms. The first-order valence-corrected chi connectivity index (χ1v) is 10.1. The van der Waals surface area contributed by atoms with Gasteiger partial charge in [0.15, 0.2) is 5.13 Å². The molecule has 0 fully saturated rings. The Morgan fingerprint density at radius 2 is 1.93 bits per heavy atom. The Bertz CT molecular complexity index is 927. The number of para-hydroxylation sites is 1. The first-order chi connectivity index (χ1) is 13.0. The van der Waals surface area contributed by atoms with E-state index in [-0.39, 0.29) is 5.91 Å². The van der Waals surface area contributed by atoms with Crippen LogP contribution in [0.25, 0.3) is 11.3 Å². The van der Waals surface area contributed by atoms with Crippen molar-refractivity contribution in [2.45, 2.75) is 0 Å². The molecule has 27 heavy (non-hydrogen) atoms. The maximum atomic E-state index is 12.4. The third-order valence-corrected chi connectivity index (χ3v) is 5.25. The van der Waals surface area contributed by atoms with Gasteiger partial charge < -0.3 is 9.64 Å². The number of benzene rings is 2. The van der Waals surface area contributed by atoms with Gasteiger partial charge in [-0.15, -0.1) is 11.3 Å². The molecular weight excluding hydrogens is 426 g/mol. The van der Waals surface area contributed by atoms with Gasteiger partial charge in [-0.05, 0) is 54.3 Å².